The highest BCUT2D eigenvalue weighted by Gasteiger charge is 2.21. The molecule has 0 aliphatic rings. The number of nitrogens with zero attached hydrogens (tertiary/aromatic N) is 1. The molecule has 1 amide bonds. The van der Waals surface area contributed by atoms with Crippen molar-refractivity contribution in [2.45, 2.75) is 18.7 Å². The van der Waals surface area contributed by atoms with Crippen molar-refractivity contribution in [2.75, 3.05) is 35.3 Å². The summed E-state index contributed by atoms with van der Waals surface area (Å²) in [6.45, 7) is 3.38. The van der Waals surface area contributed by atoms with Crippen LogP contribution in [0.25, 0.3) is 0 Å². The predicted molar refractivity (Wildman–Crippen MR) is 116 cm³/mol. The van der Waals surface area contributed by atoms with Gasteiger partial charge >= 0.3 is 5.97 Å². The Morgan fingerprint density at radius 1 is 1.17 bits per heavy atom. The fourth-order valence-corrected chi connectivity index (χ4v) is 3.93. The molecule has 0 fully saturated rings. The number of carbonyl (C=O) groups is 2. The Morgan fingerprint density at radius 3 is 2.48 bits per heavy atom. The number of anilines is 2. The van der Waals surface area contributed by atoms with Gasteiger partial charge in [-0.05, 0) is 62.1 Å². The maximum Gasteiger partial charge on any atom is 0.338 e. The van der Waals surface area contributed by atoms with E-state index in [0.717, 1.165) is 15.5 Å². The minimum Gasteiger partial charge on any atom is -0.462 e. The quantitative estimate of drug-likeness (QED) is 0.504. The van der Waals surface area contributed by atoms with Gasteiger partial charge < -0.3 is 10.1 Å². The van der Waals surface area contributed by atoms with E-state index in [1.54, 1.807) is 50.2 Å². The van der Waals surface area contributed by atoms with Crippen LogP contribution in [0.1, 0.15) is 22.8 Å². The third-order valence-electron chi connectivity index (χ3n) is 4.04. The van der Waals surface area contributed by atoms with E-state index in [1.165, 1.54) is 11.8 Å². The number of amides is 1. The van der Waals surface area contributed by atoms with Gasteiger partial charge in [0.15, 0.2) is 0 Å². The molecule has 0 aliphatic carbocycles. The number of ether oxygens (including phenoxy) is 1. The molecule has 156 valence electrons. The lowest BCUT2D eigenvalue weighted by Gasteiger charge is -2.22. The molecule has 0 aliphatic heterocycles. The fraction of sp³-hybridized carbons (Fsp3) is 0.300. The van der Waals surface area contributed by atoms with E-state index in [2.05, 4.69) is 5.32 Å². The normalized spacial score (nSPS) is 11.0. The first kappa shape index (κ1) is 22.8. The van der Waals surface area contributed by atoms with Gasteiger partial charge in [-0.3, -0.25) is 9.10 Å². The van der Waals surface area contributed by atoms with Gasteiger partial charge in [-0.2, -0.15) is 0 Å². The number of hydrogen-bond acceptors (Lipinski definition) is 6. The van der Waals surface area contributed by atoms with Crippen LogP contribution in [0.15, 0.2) is 47.4 Å². The van der Waals surface area contributed by atoms with Gasteiger partial charge in [0.25, 0.3) is 0 Å². The smallest absolute Gasteiger partial charge is 0.338 e. The van der Waals surface area contributed by atoms with Crippen LogP contribution in [0, 0.1) is 6.92 Å². The molecule has 0 heterocycles. The summed E-state index contributed by atoms with van der Waals surface area (Å²) in [6.07, 6.45) is 2.95. The van der Waals surface area contributed by atoms with Crippen LogP contribution in [-0.2, 0) is 19.6 Å². The number of hydrogen-bond donors (Lipinski definition) is 1. The maximum absolute atomic E-state index is 12.6. The van der Waals surface area contributed by atoms with Crippen LogP contribution in [0.2, 0.25) is 0 Å². The Kier molecular flexibility index (Phi) is 7.69. The Balaban J connectivity index is 2.19. The van der Waals surface area contributed by atoms with Gasteiger partial charge in [-0.25, -0.2) is 13.2 Å². The van der Waals surface area contributed by atoms with Crippen molar-refractivity contribution in [3.8, 4) is 0 Å². The summed E-state index contributed by atoms with van der Waals surface area (Å²) in [6, 6.07) is 11.7. The van der Waals surface area contributed by atoms with Crippen LogP contribution >= 0.6 is 11.8 Å². The first-order chi connectivity index (χ1) is 13.7. The standard InChI is InChI=1S/C20H24N2O5S2/c1-5-27-20(24)15-9-10-18(14(2)11-15)21-19(23)13-22(29(4,25)26)16-7-6-8-17(12-16)28-3/h6-12H,5,13H2,1-4H3,(H,21,23). The Bertz CT molecular complexity index is 1010. The van der Waals surface area contributed by atoms with Crippen LogP contribution in [0.4, 0.5) is 11.4 Å². The Labute approximate surface area is 175 Å². The molecule has 2 aromatic carbocycles. The first-order valence-corrected chi connectivity index (χ1v) is 11.9. The minimum absolute atomic E-state index is 0.273. The number of sulfonamides is 1. The summed E-state index contributed by atoms with van der Waals surface area (Å²) in [4.78, 5) is 25.3. The summed E-state index contributed by atoms with van der Waals surface area (Å²) in [7, 11) is -3.66. The predicted octanol–water partition coefficient (Wildman–Crippen LogP) is 3.30. The molecule has 29 heavy (non-hydrogen) atoms. The van der Waals surface area contributed by atoms with Gasteiger partial charge in [-0.15, -0.1) is 11.8 Å². The molecular formula is C20H24N2O5S2. The maximum atomic E-state index is 12.6. The van der Waals surface area contributed by atoms with Crippen LogP contribution in [0.5, 0.6) is 0 Å². The second-order valence-electron chi connectivity index (χ2n) is 6.27. The molecule has 0 unspecified atom stereocenters. The number of esters is 1. The van der Waals surface area contributed by atoms with Crippen LogP contribution < -0.4 is 9.62 Å². The lowest BCUT2D eigenvalue weighted by Crippen LogP contribution is -2.37. The fourth-order valence-electron chi connectivity index (χ4n) is 2.63. The van der Waals surface area contributed by atoms with Gasteiger partial charge in [0.2, 0.25) is 15.9 Å². The average Bonchev–Trinajstić information content (AvgIpc) is 2.67. The molecule has 2 aromatic rings. The monoisotopic (exact) mass is 436 g/mol. The minimum atomic E-state index is -3.66. The number of aryl methyl sites for hydroxylation is 1. The Morgan fingerprint density at radius 2 is 1.90 bits per heavy atom. The van der Waals surface area contributed by atoms with Crippen molar-refractivity contribution in [3.63, 3.8) is 0 Å². The third-order valence-corrected chi connectivity index (χ3v) is 5.91. The van der Waals surface area contributed by atoms with Crippen LogP contribution in [-0.4, -0.2) is 46.0 Å². The second kappa shape index (κ2) is 9.80. The van der Waals surface area contributed by atoms with Crippen molar-refractivity contribution in [1.82, 2.24) is 0 Å². The third kappa shape index (κ3) is 6.23. The largest absolute Gasteiger partial charge is 0.462 e. The van der Waals surface area contributed by atoms with E-state index in [9.17, 15) is 18.0 Å². The second-order valence-corrected chi connectivity index (χ2v) is 9.06. The number of rotatable bonds is 8. The number of thioether (sulfide) groups is 1. The summed E-state index contributed by atoms with van der Waals surface area (Å²) in [5.41, 5.74) is 1.96. The van der Waals surface area contributed by atoms with Gasteiger partial charge in [0.1, 0.15) is 6.54 Å². The molecule has 0 spiro atoms. The van der Waals surface area contributed by atoms with Crippen molar-refractivity contribution < 1.29 is 22.7 Å². The summed E-state index contributed by atoms with van der Waals surface area (Å²) in [5, 5.41) is 2.71. The molecule has 1 N–H and O–H groups in total. The summed E-state index contributed by atoms with van der Waals surface area (Å²) < 4.78 is 30.5. The van der Waals surface area contributed by atoms with Gasteiger partial charge in [-0.1, -0.05) is 6.07 Å². The zero-order valence-electron chi connectivity index (χ0n) is 16.8. The van der Waals surface area contributed by atoms with E-state index < -0.39 is 21.9 Å². The van der Waals surface area contributed by atoms with Crippen molar-refractivity contribution in [3.05, 3.63) is 53.6 Å². The molecule has 0 bridgehead atoms. The van der Waals surface area contributed by atoms with E-state index >= 15 is 0 Å². The zero-order chi connectivity index (χ0) is 21.6. The lowest BCUT2D eigenvalue weighted by atomic mass is 10.1. The molecule has 9 heteroatoms. The lowest BCUT2D eigenvalue weighted by molar-refractivity contribution is -0.114. The van der Waals surface area contributed by atoms with E-state index in [4.69, 9.17) is 4.74 Å². The van der Waals surface area contributed by atoms with Gasteiger partial charge in [0, 0.05) is 10.6 Å². The molecular weight excluding hydrogens is 412 g/mol. The van der Waals surface area contributed by atoms with Crippen molar-refractivity contribution in [1.29, 1.82) is 0 Å². The van der Waals surface area contributed by atoms with Gasteiger partial charge in [0.05, 0.1) is 24.1 Å². The molecule has 0 saturated carbocycles. The van der Waals surface area contributed by atoms with Crippen molar-refractivity contribution >= 4 is 45.0 Å². The molecule has 0 aromatic heterocycles. The molecule has 2 rings (SSSR count). The number of nitrogens with one attached hydrogen (secondary N) is 1. The first-order valence-electron chi connectivity index (χ1n) is 8.85. The SMILES string of the molecule is CCOC(=O)c1ccc(NC(=O)CN(c2cccc(SC)c2)S(C)(=O)=O)c(C)c1. The Hall–Kier alpha value is -2.52. The summed E-state index contributed by atoms with van der Waals surface area (Å²) >= 11 is 1.48. The highest BCUT2D eigenvalue weighted by Crippen LogP contribution is 2.24. The van der Waals surface area contributed by atoms with Crippen LogP contribution in [0.3, 0.4) is 0 Å². The molecule has 7 nitrogen and oxygen atoms in total. The highest BCUT2D eigenvalue weighted by atomic mass is 32.2. The average molecular weight is 437 g/mol. The summed E-state index contributed by atoms with van der Waals surface area (Å²) in [5.74, 6) is -0.928. The molecule has 0 radical (unpaired) electrons. The zero-order valence-corrected chi connectivity index (χ0v) is 18.4. The van der Waals surface area contributed by atoms with E-state index in [0.29, 0.717) is 22.5 Å². The van der Waals surface area contributed by atoms with Crippen molar-refractivity contribution in [2.24, 2.45) is 0 Å². The number of benzene rings is 2. The van der Waals surface area contributed by atoms with E-state index in [1.807, 2.05) is 12.3 Å². The molecule has 0 saturated heterocycles. The molecule has 0 atom stereocenters. The highest BCUT2D eigenvalue weighted by molar-refractivity contribution is 7.98. The topological polar surface area (TPSA) is 92.8 Å². The number of carbonyl (C=O) groups excluding carboxylic acids is 2. The van der Waals surface area contributed by atoms with E-state index in [-0.39, 0.29) is 13.2 Å².